The van der Waals surface area contributed by atoms with Crippen LogP contribution in [0.1, 0.15) is 5.69 Å². The molecule has 0 aliphatic carbocycles. The van der Waals surface area contributed by atoms with Crippen LogP contribution < -0.4 is 5.32 Å². The van der Waals surface area contributed by atoms with Gasteiger partial charge in [0.25, 0.3) is 0 Å². The summed E-state index contributed by atoms with van der Waals surface area (Å²) in [4.78, 5) is 19.7. The fourth-order valence-corrected chi connectivity index (χ4v) is 2.14. The van der Waals surface area contributed by atoms with Gasteiger partial charge in [-0.1, -0.05) is 17.8 Å². The second-order valence-electron chi connectivity index (χ2n) is 3.84. The van der Waals surface area contributed by atoms with E-state index in [1.807, 2.05) is 6.92 Å². The minimum Gasteiger partial charge on any atom is -0.325 e. The SMILES string of the molecule is Cc1cc(SCC(=O)Nc2cccc(F)c2)ncn1. The summed E-state index contributed by atoms with van der Waals surface area (Å²) < 4.78 is 12.9. The Labute approximate surface area is 114 Å². The van der Waals surface area contributed by atoms with Crippen molar-refractivity contribution < 1.29 is 9.18 Å². The first-order valence-electron chi connectivity index (χ1n) is 5.60. The Kier molecular flexibility index (Phi) is 4.46. The van der Waals surface area contributed by atoms with Gasteiger partial charge < -0.3 is 5.32 Å². The number of halogens is 1. The van der Waals surface area contributed by atoms with Crippen LogP contribution in [0.2, 0.25) is 0 Å². The third-order valence-corrected chi connectivity index (χ3v) is 3.16. The molecule has 1 heterocycles. The van der Waals surface area contributed by atoms with Crippen LogP contribution in [0.5, 0.6) is 0 Å². The molecule has 1 N–H and O–H groups in total. The number of hydrogen-bond donors (Lipinski definition) is 1. The number of amides is 1. The lowest BCUT2D eigenvalue weighted by molar-refractivity contribution is -0.113. The van der Waals surface area contributed by atoms with Crippen LogP contribution in [0, 0.1) is 12.7 Å². The lowest BCUT2D eigenvalue weighted by Crippen LogP contribution is -2.14. The van der Waals surface area contributed by atoms with E-state index in [-0.39, 0.29) is 17.5 Å². The Balaban J connectivity index is 1.88. The van der Waals surface area contributed by atoms with Crippen molar-refractivity contribution in [2.24, 2.45) is 0 Å². The number of rotatable bonds is 4. The zero-order valence-corrected chi connectivity index (χ0v) is 11.1. The van der Waals surface area contributed by atoms with E-state index >= 15 is 0 Å². The average molecular weight is 277 g/mol. The first-order valence-corrected chi connectivity index (χ1v) is 6.59. The van der Waals surface area contributed by atoms with Crippen LogP contribution in [0.25, 0.3) is 0 Å². The molecule has 0 bridgehead atoms. The molecule has 0 saturated heterocycles. The first kappa shape index (κ1) is 13.5. The number of benzene rings is 1. The molecule has 0 spiro atoms. The number of anilines is 1. The van der Waals surface area contributed by atoms with Crippen molar-refractivity contribution >= 4 is 23.4 Å². The van der Waals surface area contributed by atoms with Gasteiger partial charge in [0.05, 0.1) is 5.75 Å². The highest BCUT2D eigenvalue weighted by Gasteiger charge is 2.05. The summed E-state index contributed by atoms with van der Waals surface area (Å²) in [5, 5.41) is 3.36. The molecule has 2 aromatic rings. The number of aromatic nitrogens is 2. The molecule has 0 radical (unpaired) electrons. The number of nitrogens with zero attached hydrogens (tertiary/aromatic N) is 2. The minimum absolute atomic E-state index is 0.202. The number of thioether (sulfide) groups is 1. The fraction of sp³-hybridized carbons (Fsp3) is 0.154. The smallest absolute Gasteiger partial charge is 0.234 e. The van der Waals surface area contributed by atoms with Gasteiger partial charge in [0, 0.05) is 11.4 Å². The molecule has 98 valence electrons. The third kappa shape index (κ3) is 4.33. The number of aryl methyl sites for hydroxylation is 1. The van der Waals surface area contributed by atoms with E-state index in [9.17, 15) is 9.18 Å². The lowest BCUT2D eigenvalue weighted by Gasteiger charge is -2.05. The van der Waals surface area contributed by atoms with E-state index in [1.165, 1.54) is 30.2 Å². The van der Waals surface area contributed by atoms with Gasteiger partial charge in [-0.05, 0) is 31.2 Å². The summed E-state index contributed by atoms with van der Waals surface area (Å²) >= 11 is 1.31. The highest BCUT2D eigenvalue weighted by Crippen LogP contribution is 2.16. The Morgan fingerprint density at radius 2 is 2.21 bits per heavy atom. The molecule has 4 nitrogen and oxygen atoms in total. The summed E-state index contributed by atoms with van der Waals surface area (Å²) in [7, 11) is 0. The molecule has 6 heteroatoms. The predicted octanol–water partition coefficient (Wildman–Crippen LogP) is 2.65. The normalized spacial score (nSPS) is 10.2. The molecule has 0 atom stereocenters. The Hall–Kier alpha value is -1.95. The van der Waals surface area contributed by atoms with Gasteiger partial charge in [0.2, 0.25) is 5.91 Å². The standard InChI is InChI=1S/C13H12FN3OS/c1-9-5-13(16-8-15-9)19-7-12(18)17-11-4-2-3-10(14)6-11/h2-6,8H,7H2,1H3,(H,17,18). The highest BCUT2D eigenvalue weighted by molar-refractivity contribution is 7.99. The van der Waals surface area contributed by atoms with Gasteiger partial charge in [-0.25, -0.2) is 14.4 Å². The maximum atomic E-state index is 12.9. The predicted molar refractivity (Wildman–Crippen MR) is 72.5 cm³/mol. The Morgan fingerprint density at radius 3 is 2.95 bits per heavy atom. The molecule has 19 heavy (non-hydrogen) atoms. The number of carbonyl (C=O) groups excluding carboxylic acids is 1. The van der Waals surface area contributed by atoms with E-state index in [2.05, 4.69) is 15.3 Å². The van der Waals surface area contributed by atoms with Crippen molar-refractivity contribution in [1.82, 2.24) is 9.97 Å². The van der Waals surface area contributed by atoms with Crippen LogP contribution in [0.4, 0.5) is 10.1 Å². The topological polar surface area (TPSA) is 54.9 Å². The Morgan fingerprint density at radius 1 is 1.37 bits per heavy atom. The summed E-state index contributed by atoms with van der Waals surface area (Å²) in [5.74, 6) is -0.365. The van der Waals surface area contributed by atoms with E-state index in [4.69, 9.17) is 0 Å². The number of nitrogens with one attached hydrogen (secondary N) is 1. The van der Waals surface area contributed by atoms with Gasteiger partial charge in [0.15, 0.2) is 0 Å². The summed E-state index contributed by atoms with van der Waals surface area (Å²) in [6.45, 7) is 1.86. The summed E-state index contributed by atoms with van der Waals surface area (Å²) in [5.41, 5.74) is 1.30. The van der Waals surface area contributed by atoms with Gasteiger partial charge in [-0.15, -0.1) is 0 Å². The van der Waals surface area contributed by atoms with Crippen molar-refractivity contribution in [3.8, 4) is 0 Å². The van der Waals surface area contributed by atoms with Crippen LogP contribution in [0.15, 0.2) is 41.7 Å². The second-order valence-corrected chi connectivity index (χ2v) is 4.84. The fourth-order valence-electron chi connectivity index (χ4n) is 1.41. The molecule has 0 aliphatic heterocycles. The summed E-state index contributed by atoms with van der Waals surface area (Å²) in [6, 6.07) is 7.60. The lowest BCUT2D eigenvalue weighted by atomic mass is 10.3. The highest BCUT2D eigenvalue weighted by atomic mass is 32.2. The molecular weight excluding hydrogens is 265 g/mol. The Bertz CT molecular complexity index is 592. The van der Waals surface area contributed by atoms with Crippen LogP contribution in [-0.2, 0) is 4.79 Å². The third-order valence-electron chi connectivity index (χ3n) is 2.24. The summed E-state index contributed by atoms with van der Waals surface area (Å²) in [6.07, 6.45) is 1.46. The van der Waals surface area contributed by atoms with E-state index in [0.717, 1.165) is 10.7 Å². The monoisotopic (exact) mass is 277 g/mol. The molecule has 2 rings (SSSR count). The number of carbonyl (C=O) groups is 1. The van der Waals surface area contributed by atoms with Gasteiger partial charge in [-0.2, -0.15) is 0 Å². The zero-order chi connectivity index (χ0) is 13.7. The van der Waals surface area contributed by atoms with Crippen molar-refractivity contribution in [2.75, 3.05) is 11.1 Å². The first-order chi connectivity index (χ1) is 9.13. The largest absolute Gasteiger partial charge is 0.325 e. The number of hydrogen-bond acceptors (Lipinski definition) is 4. The maximum Gasteiger partial charge on any atom is 0.234 e. The van der Waals surface area contributed by atoms with E-state index < -0.39 is 0 Å². The van der Waals surface area contributed by atoms with Crippen LogP contribution >= 0.6 is 11.8 Å². The zero-order valence-electron chi connectivity index (χ0n) is 10.3. The van der Waals surface area contributed by atoms with Crippen molar-refractivity contribution in [1.29, 1.82) is 0 Å². The minimum atomic E-state index is -0.378. The van der Waals surface area contributed by atoms with E-state index in [0.29, 0.717) is 5.69 Å². The molecule has 0 fully saturated rings. The second kappa shape index (κ2) is 6.29. The van der Waals surface area contributed by atoms with Crippen LogP contribution in [-0.4, -0.2) is 21.6 Å². The molecule has 1 aromatic carbocycles. The molecule has 0 saturated carbocycles. The van der Waals surface area contributed by atoms with Gasteiger partial charge in [-0.3, -0.25) is 4.79 Å². The van der Waals surface area contributed by atoms with Crippen molar-refractivity contribution in [3.63, 3.8) is 0 Å². The quantitative estimate of drug-likeness (QED) is 0.689. The average Bonchev–Trinajstić information content (AvgIpc) is 2.36. The van der Waals surface area contributed by atoms with Crippen molar-refractivity contribution in [2.45, 2.75) is 11.9 Å². The molecule has 1 amide bonds. The van der Waals surface area contributed by atoms with E-state index in [1.54, 1.807) is 18.2 Å². The molecule has 0 unspecified atom stereocenters. The molecule has 0 aliphatic rings. The van der Waals surface area contributed by atoms with Gasteiger partial charge in [0.1, 0.15) is 17.2 Å². The molecule has 1 aromatic heterocycles. The van der Waals surface area contributed by atoms with Crippen molar-refractivity contribution in [3.05, 3.63) is 48.2 Å². The van der Waals surface area contributed by atoms with Crippen LogP contribution in [0.3, 0.4) is 0 Å². The molecular formula is C13H12FN3OS. The van der Waals surface area contributed by atoms with Gasteiger partial charge >= 0.3 is 0 Å². The maximum absolute atomic E-state index is 12.9.